The molecule has 1 aliphatic rings. The summed E-state index contributed by atoms with van der Waals surface area (Å²) in [6.07, 6.45) is 0.626. The molecule has 0 aromatic heterocycles. The quantitative estimate of drug-likeness (QED) is 0.916. The Labute approximate surface area is 137 Å². The summed E-state index contributed by atoms with van der Waals surface area (Å²) < 4.78 is 32.9. The van der Waals surface area contributed by atoms with Crippen LogP contribution >= 0.6 is 0 Å². The van der Waals surface area contributed by atoms with Crippen molar-refractivity contribution >= 4 is 10.0 Å². The standard InChI is InChI=1S/C18H21NO3S/c1-14-5-4-6-15(9-14)13-23(20,21)19-11-18-10-16-7-2-3-8-17(16)12-22-18/h2-9,18-19H,10-13H2,1H3. The Balaban J connectivity index is 1.58. The molecule has 0 bridgehead atoms. The molecule has 23 heavy (non-hydrogen) atoms. The Morgan fingerprint density at radius 3 is 2.70 bits per heavy atom. The highest BCUT2D eigenvalue weighted by molar-refractivity contribution is 7.88. The van der Waals surface area contributed by atoms with E-state index in [0.29, 0.717) is 13.2 Å². The van der Waals surface area contributed by atoms with E-state index in [1.807, 2.05) is 49.4 Å². The highest BCUT2D eigenvalue weighted by atomic mass is 32.2. The largest absolute Gasteiger partial charge is 0.372 e. The van der Waals surface area contributed by atoms with Crippen LogP contribution in [0.25, 0.3) is 0 Å². The van der Waals surface area contributed by atoms with Crippen molar-refractivity contribution in [3.63, 3.8) is 0 Å². The van der Waals surface area contributed by atoms with Gasteiger partial charge in [-0.15, -0.1) is 0 Å². The molecule has 0 aliphatic carbocycles. The molecule has 0 saturated heterocycles. The van der Waals surface area contributed by atoms with Gasteiger partial charge in [0.05, 0.1) is 18.5 Å². The zero-order chi connectivity index (χ0) is 16.3. The van der Waals surface area contributed by atoms with Crippen molar-refractivity contribution in [2.75, 3.05) is 6.54 Å². The Kier molecular flexibility index (Phi) is 4.80. The number of benzene rings is 2. The predicted molar refractivity (Wildman–Crippen MR) is 90.5 cm³/mol. The average Bonchev–Trinajstić information content (AvgIpc) is 2.52. The van der Waals surface area contributed by atoms with E-state index in [1.165, 1.54) is 11.1 Å². The van der Waals surface area contributed by atoms with E-state index in [0.717, 1.165) is 17.5 Å². The molecule has 1 N–H and O–H groups in total. The van der Waals surface area contributed by atoms with Crippen molar-refractivity contribution < 1.29 is 13.2 Å². The van der Waals surface area contributed by atoms with Gasteiger partial charge in [0.25, 0.3) is 0 Å². The minimum atomic E-state index is -3.36. The van der Waals surface area contributed by atoms with Gasteiger partial charge in [-0.3, -0.25) is 0 Å². The second-order valence-corrected chi connectivity index (χ2v) is 7.81. The van der Waals surface area contributed by atoms with E-state index >= 15 is 0 Å². The zero-order valence-electron chi connectivity index (χ0n) is 13.2. The summed E-state index contributed by atoms with van der Waals surface area (Å²) in [4.78, 5) is 0. The third kappa shape index (κ3) is 4.41. The maximum absolute atomic E-state index is 12.2. The summed E-state index contributed by atoms with van der Waals surface area (Å²) in [5.74, 6) is -0.00200. The van der Waals surface area contributed by atoms with Crippen LogP contribution < -0.4 is 4.72 Å². The van der Waals surface area contributed by atoms with Gasteiger partial charge >= 0.3 is 0 Å². The van der Waals surface area contributed by atoms with Gasteiger partial charge in [0.2, 0.25) is 10.0 Å². The minimum Gasteiger partial charge on any atom is -0.372 e. The number of nitrogens with one attached hydrogen (secondary N) is 1. The first-order chi connectivity index (χ1) is 11.0. The molecule has 1 heterocycles. The molecule has 0 spiro atoms. The zero-order valence-corrected chi connectivity index (χ0v) is 14.0. The third-order valence-electron chi connectivity index (χ3n) is 4.01. The maximum atomic E-state index is 12.2. The molecule has 2 aromatic rings. The van der Waals surface area contributed by atoms with Crippen LogP contribution in [0.5, 0.6) is 0 Å². The van der Waals surface area contributed by atoms with E-state index in [-0.39, 0.29) is 11.9 Å². The number of ether oxygens (including phenoxy) is 1. The smallest absolute Gasteiger partial charge is 0.215 e. The maximum Gasteiger partial charge on any atom is 0.215 e. The lowest BCUT2D eigenvalue weighted by atomic mass is 9.99. The number of fused-ring (bicyclic) bond motifs is 1. The molecule has 2 aromatic carbocycles. The number of rotatable bonds is 5. The van der Waals surface area contributed by atoms with Crippen molar-refractivity contribution in [2.45, 2.75) is 31.8 Å². The topological polar surface area (TPSA) is 55.4 Å². The fourth-order valence-corrected chi connectivity index (χ4v) is 3.99. The highest BCUT2D eigenvalue weighted by Gasteiger charge is 2.21. The SMILES string of the molecule is Cc1cccc(CS(=O)(=O)NCC2Cc3ccccc3CO2)c1. The summed E-state index contributed by atoms with van der Waals surface area (Å²) in [5, 5.41) is 0. The molecule has 0 radical (unpaired) electrons. The van der Waals surface area contributed by atoms with Crippen molar-refractivity contribution in [3.05, 3.63) is 70.8 Å². The van der Waals surface area contributed by atoms with Gasteiger partial charge in [0.1, 0.15) is 0 Å². The van der Waals surface area contributed by atoms with E-state index in [9.17, 15) is 8.42 Å². The van der Waals surface area contributed by atoms with Crippen molar-refractivity contribution in [1.29, 1.82) is 0 Å². The number of hydrogen-bond donors (Lipinski definition) is 1. The van der Waals surface area contributed by atoms with Crippen LogP contribution in [0.4, 0.5) is 0 Å². The number of hydrogen-bond acceptors (Lipinski definition) is 3. The Morgan fingerprint density at radius 1 is 1.13 bits per heavy atom. The lowest BCUT2D eigenvalue weighted by Crippen LogP contribution is -2.37. The van der Waals surface area contributed by atoms with Crippen molar-refractivity contribution in [3.8, 4) is 0 Å². The molecular formula is C18H21NO3S. The van der Waals surface area contributed by atoms with Gasteiger partial charge in [-0.2, -0.15) is 0 Å². The monoisotopic (exact) mass is 331 g/mol. The van der Waals surface area contributed by atoms with Gasteiger partial charge in [-0.05, 0) is 23.6 Å². The van der Waals surface area contributed by atoms with E-state index < -0.39 is 10.0 Å². The number of aryl methyl sites for hydroxylation is 1. The lowest BCUT2D eigenvalue weighted by molar-refractivity contribution is 0.0322. The van der Waals surface area contributed by atoms with Crippen LogP contribution in [0.1, 0.15) is 22.3 Å². The first kappa shape index (κ1) is 16.2. The summed E-state index contributed by atoms with van der Waals surface area (Å²) >= 11 is 0. The second kappa shape index (κ2) is 6.83. The van der Waals surface area contributed by atoms with Gasteiger partial charge in [-0.25, -0.2) is 13.1 Å². The molecule has 4 nitrogen and oxygen atoms in total. The first-order valence-corrected chi connectivity index (χ1v) is 9.38. The number of sulfonamides is 1. The molecule has 1 unspecified atom stereocenters. The fourth-order valence-electron chi connectivity index (χ4n) is 2.83. The summed E-state index contributed by atoms with van der Waals surface area (Å²) in [6.45, 7) is 2.81. The van der Waals surface area contributed by atoms with Crippen LogP contribution in [0.3, 0.4) is 0 Å². The first-order valence-electron chi connectivity index (χ1n) is 7.73. The molecule has 1 aliphatic heterocycles. The summed E-state index contributed by atoms with van der Waals surface area (Å²) in [7, 11) is -3.36. The highest BCUT2D eigenvalue weighted by Crippen LogP contribution is 2.20. The van der Waals surface area contributed by atoms with Crippen LogP contribution in [0, 0.1) is 6.92 Å². The van der Waals surface area contributed by atoms with Crippen LogP contribution in [0.2, 0.25) is 0 Å². The third-order valence-corrected chi connectivity index (χ3v) is 5.33. The van der Waals surface area contributed by atoms with Crippen LogP contribution in [0.15, 0.2) is 48.5 Å². The Bertz CT molecular complexity index is 786. The molecule has 0 fully saturated rings. The van der Waals surface area contributed by atoms with Crippen molar-refractivity contribution in [1.82, 2.24) is 4.72 Å². The predicted octanol–water partition coefficient (Wildman–Crippen LogP) is 2.56. The van der Waals surface area contributed by atoms with Gasteiger partial charge < -0.3 is 4.74 Å². The summed E-state index contributed by atoms with van der Waals surface area (Å²) in [6, 6.07) is 15.7. The minimum absolute atomic E-state index is 0.00200. The summed E-state index contributed by atoms with van der Waals surface area (Å²) in [5.41, 5.74) is 4.28. The Hall–Kier alpha value is -1.69. The molecule has 1 atom stereocenters. The molecule has 0 saturated carbocycles. The van der Waals surface area contributed by atoms with Gasteiger partial charge in [-0.1, -0.05) is 54.1 Å². The molecular weight excluding hydrogens is 310 g/mol. The molecule has 3 rings (SSSR count). The average molecular weight is 331 g/mol. The van der Waals surface area contributed by atoms with Gasteiger partial charge in [0.15, 0.2) is 0 Å². The van der Waals surface area contributed by atoms with Gasteiger partial charge in [0, 0.05) is 13.0 Å². The fraction of sp³-hybridized carbons (Fsp3) is 0.333. The van der Waals surface area contributed by atoms with E-state index in [1.54, 1.807) is 0 Å². The Morgan fingerprint density at radius 2 is 1.91 bits per heavy atom. The lowest BCUT2D eigenvalue weighted by Gasteiger charge is -2.25. The van der Waals surface area contributed by atoms with E-state index in [4.69, 9.17) is 4.74 Å². The van der Waals surface area contributed by atoms with Crippen molar-refractivity contribution in [2.24, 2.45) is 0 Å². The normalized spacial score (nSPS) is 17.7. The second-order valence-electron chi connectivity index (χ2n) is 6.00. The van der Waals surface area contributed by atoms with E-state index in [2.05, 4.69) is 10.8 Å². The molecule has 5 heteroatoms. The van der Waals surface area contributed by atoms with Crippen LogP contribution in [-0.4, -0.2) is 21.1 Å². The molecule has 122 valence electrons. The molecule has 0 amide bonds. The van der Waals surface area contributed by atoms with Crippen LogP contribution in [-0.2, 0) is 33.5 Å².